The molecule has 0 aliphatic carbocycles. The lowest BCUT2D eigenvalue weighted by Crippen LogP contribution is -2.46. The van der Waals surface area contributed by atoms with Crippen LogP contribution in [0.4, 0.5) is 0 Å². The van der Waals surface area contributed by atoms with Crippen LogP contribution in [-0.2, 0) is 9.59 Å². The lowest BCUT2D eigenvalue weighted by Gasteiger charge is -2.18. The quantitative estimate of drug-likeness (QED) is 0.845. The van der Waals surface area contributed by atoms with Crippen LogP contribution in [-0.4, -0.2) is 29.6 Å². The van der Waals surface area contributed by atoms with E-state index in [9.17, 15) is 9.59 Å². The van der Waals surface area contributed by atoms with Gasteiger partial charge in [0.25, 0.3) is 5.91 Å². The molecule has 0 radical (unpaired) electrons. The van der Waals surface area contributed by atoms with Crippen LogP contribution in [0.1, 0.15) is 19.4 Å². The van der Waals surface area contributed by atoms with Gasteiger partial charge in [-0.1, -0.05) is 25.4 Å². The van der Waals surface area contributed by atoms with Gasteiger partial charge in [0.1, 0.15) is 11.8 Å². The highest BCUT2D eigenvalue weighted by Gasteiger charge is 2.23. The van der Waals surface area contributed by atoms with Crippen molar-refractivity contribution in [2.45, 2.75) is 26.8 Å². The Morgan fingerprint density at radius 2 is 2.05 bits per heavy atom. The molecular formula is C14H18ClNO4. The molecule has 0 aromatic heterocycles. The molecule has 1 rings (SSSR count). The van der Waals surface area contributed by atoms with E-state index >= 15 is 0 Å². The number of rotatable bonds is 6. The molecule has 0 saturated carbocycles. The Bertz CT molecular complexity index is 502. The Morgan fingerprint density at radius 1 is 1.40 bits per heavy atom. The zero-order valence-electron chi connectivity index (χ0n) is 11.6. The van der Waals surface area contributed by atoms with Crippen molar-refractivity contribution in [2.75, 3.05) is 6.61 Å². The summed E-state index contributed by atoms with van der Waals surface area (Å²) in [5.41, 5.74) is 0.843. The Hall–Kier alpha value is -1.75. The van der Waals surface area contributed by atoms with E-state index in [1.54, 1.807) is 32.0 Å². The van der Waals surface area contributed by atoms with Crippen LogP contribution in [0.25, 0.3) is 0 Å². The Kier molecular flexibility index (Phi) is 5.82. The van der Waals surface area contributed by atoms with E-state index in [0.717, 1.165) is 5.56 Å². The summed E-state index contributed by atoms with van der Waals surface area (Å²) in [5, 5.41) is 12.0. The maximum absolute atomic E-state index is 11.7. The van der Waals surface area contributed by atoms with Gasteiger partial charge in [0.05, 0.1) is 0 Å². The van der Waals surface area contributed by atoms with Crippen LogP contribution >= 0.6 is 11.6 Å². The lowest BCUT2D eigenvalue weighted by atomic mass is 10.1. The van der Waals surface area contributed by atoms with E-state index in [4.69, 9.17) is 21.4 Å². The average Bonchev–Trinajstić information content (AvgIpc) is 2.36. The molecule has 0 unspecified atom stereocenters. The van der Waals surface area contributed by atoms with E-state index < -0.39 is 17.9 Å². The van der Waals surface area contributed by atoms with E-state index in [1.807, 2.05) is 6.92 Å². The number of aryl methyl sites for hydroxylation is 1. The maximum atomic E-state index is 11.7. The number of halogens is 1. The number of hydrogen-bond donors (Lipinski definition) is 2. The molecule has 0 heterocycles. The number of ether oxygens (including phenoxy) is 1. The molecule has 0 fully saturated rings. The van der Waals surface area contributed by atoms with Crippen molar-refractivity contribution in [2.24, 2.45) is 5.92 Å². The Balaban J connectivity index is 2.54. The molecule has 2 N–H and O–H groups in total. The molecule has 6 heteroatoms. The fraction of sp³-hybridized carbons (Fsp3) is 0.429. The third-order valence-electron chi connectivity index (χ3n) is 2.75. The summed E-state index contributed by atoms with van der Waals surface area (Å²) in [6.07, 6.45) is 0. The highest BCUT2D eigenvalue weighted by atomic mass is 35.5. The number of carbonyl (C=O) groups is 2. The summed E-state index contributed by atoms with van der Waals surface area (Å²) in [6.45, 7) is 5.04. The number of benzene rings is 1. The van der Waals surface area contributed by atoms with Crippen molar-refractivity contribution in [3.63, 3.8) is 0 Å². The van der Waals surface area contributed by atoms with Gasteiger partial charge in [-0.3, -0.25) is 4.79 Å². The molecule has 1 aromatic rings. The molecular weight excluding hydrogens is 282 g/mol. The minimum absolute atomic E-state index is 0.200. The molecule has 0 bridgehead atoms. The molecule has 110 valence electrons. The number of carboxylic acids is 1. The van der Waals surface area contributed by atoms with Crippen LogP contribution in [0.5, 0.6) is 5.75 Å². The molecule has 1 atom stereocenters. The second-order valence-electron chi connectivity index (χ2n) is 4.83. The van der Waals surface area contributed by atoms with Crippen molar-refractivity contribution in [3.05, 3.63) is 28.8 Å². The number of aliphatic carboxylic acids is 1. The highest BCUT2D eigenvalue weighted by molar-refractivity contribution is 6.31. The zero-order valence-corrected chi connectivity index (χ0v) is 12.4. The lowest BCUT2D eigenvalue weighted by molar-refractivity contribution is -0.143. The van der Waals surface area contributed by atoms with Crippen molar-refractivity contribution >= 4 is 23.5 Å². The molecule has 5 nitrogen and oxygen atoms in total. The van der Waals surface area contributed by atoms with E-state index in [2.05, 4.69) is 5.32 Å². The van der Waals surface area contributed by atoms with Crippen molar-refractivity contribution in [3.8, 4) is 5.75 Å². The fourth-order valence-electron chi connectivity index (χ4n) is 1.58. The Labute approximate surface area is 122 Å². The van der Waals surface area contributed by atoms with Crippen LogP contribution in [0.2, 0.25) is 5.02 Å². The third-order valence-corrected chi connectivity index (χ3v) is 3.17. The highest BCUT2D eigenvalue weighted by Crippen LogP contribution is 2.20. The second kappa shape index (κ2) is 7.14. The predicted octanol–water partition coefficient (Wildman–Crippen LogP) is 2.25. The molecule has 0 aliphatic heterocycles. The minimum atomic E-state index is -1.06. The molecule has 0 aliphatic rings. The van der Waals surface area contributed by atoms with Crippen molar-refractivity contribution in [1.82, 2.24) is 5.32 Å². The molecule has 1 amide bonds. The van der Waals surface area contributed by atoms with Gasteiger partial charge in [0, 0.05) is 5.02 Å². The second-order valence-corrected chi connectivity index (χ2v) is 5.23. The monoisotopic (exact) mass is 299 g/mol. The Morgan fingerprint density at radius 3 is 2.55 bits per heavy atom. The normalized spacial score (nSPS) is 12.1. The topological polar surface area (TPSA) is 75.6 Å². The van der Waals surface area contributed by atoms with Gasteiger partial charge in [-0.2, -0.15) is 0 Å². The summed E-state index contributed by atoms with van der Waals surface area (Å²) in [5.74, 6) is -1.22. The molecule has 20 heavy (non-hydrogen) atoms. The largest absolute Gasteiger partial charge is 0.484 e. The number of carbonyl (C=O) groups excluding carboxylic acids is 1. The van der Waals surface area contributed by atoms with Crippen LogP contribution in [0.3, 0.4) is 0 Å². The maximum Gasteiger partial charge on any atom is 0.326 e. The first-order valence-electron chi connectivity index (χ1n) is 6.22. The average molecular weight is 300 g/mol. The van der Waals surface area contributed by atoms with E-state index in [1.165, 1.54) is 0 Å². The van der Waals surface area contributed by atoms with Crippen molar-refractivity contribution < 1.29 is 19.4 Å². The summed E-state index contributed by atoms with van der Waals surface area (Å²) in [4.78, 5) is 22.6. The van der Waals surface area contributed by atoms with Gasteiger partial charge in [0.2, 0.25) is 0 Å². The summed E-state index contributed by atoms with van der Waals surface area (Å²) in [7, 11) is 0. The van der Waals surface area contributed by atoms with Crippen molar-refractivity contribution in [1.29, 1.82) is 0 Å². The molecule has 1 aromatic carbocycles. The summed E-state index contributed by atoms with van der Waals surface area (Å²) in [6, 6.07) is 4.13. The summed E-state index contributed by atoms with van der Waals surface area (Å²) < 4.78 is 5.30. The van der Waals surface area contributed by atoms with Crippen LogP contribution in [0, 0.1) is 12.8 Å². The van der Waals surface area contributed by atoms with E-state index in [0.29, 0.717) is 10.8 Å². The van der Waals surface area contributed by atoms with Gasteiger partial charge >= 0.3 is 5.97 Å². The fourth-order valence-corrected chi connectivity index (χ4v) is 1.70. The number of hydrogen-bond acceptors (Lipinski definition) is 3. The first-order valence-corrected chi connectivity index (χ1v) is 6.60. The number of amides is 1. The smallest absolute Gasteiger partial charge is 0.326 e. The first-order chi connectivity index (χ1) is 9.31. The van der Waals surface area contributed by atoms with Gasteiger partial charge in [-0.15, -0.1) is 0 Å². The summed E-state index contributed by atoms with van der Waals surface area (Å²) >= 11 is 5.88. The number of nitrogens with one attached hydrogen (secondary N) is 1. The van der Waals surface area contributed by atoms with Gasteiger partial charge in [-0.05, 0) is 36.6 Å². The van der Waals surface area contributed by atoms with Crippen LogP contribution in [0.15, 0.2) is 18.2 Å². The zero-order chi connectivity index (χ0) is 15.3. The molecule has 0 spiro atoms. The van der Waals surface area contributed by atoms with Gasteiger partial charge in [0.15, 0.2) is 6.61 Å². The van der Waals surface area contributed by atoms with Gasteiger partial charge < -0.3 is 15.2 Å². The van der Waals surface area contributed by atoms with E-state index in [-0.39, 0.29) is 12.5 Å². The minimum Gasteiger partial charge on any atom is -0.484 e. The SMILES string of the molecule is Cc1cc(OCC(=O)N[C@H](C(=O)O)C(C)C)ccc1Cl. The standard InChI is InChI=1S/C14H18ClNO4/c1-8(2)13(14(18)19)16-12(17)7-20-10-4-5-11(15)9(3)6-10/h4-6,8,13H,7H2,1-3H3,(H,16,17)(H,18,19)/t13-/m0/s1. The van der Waals surface area contributed by atoms with Gasteiger partial charge in [-0.25, -0.2) is 4.79 Å². The predicted molar refractivity (Wildman–Crippen MR) is 76.1 cm³/mol. The van der Waals surface area contributed by atoms with Crippen LogP contribution < -0.4 is 10.1 Å². The molecule has 0 saturated heterocycles. The number of carboxylic acid groups (broad SMARTS) is 1. The first kappa shape index (κ1) is 16.3. The third kappa shape index (κ3) is 4.74.